The van der Waals surface area contributed by atoms with Crippen LogP contribution in [0.15, 0.2) is 65.8 Å². The van der Waals surface area contributed by atoms with Gasteiger partial charge in [0.25, 0.3) is 5.91 Å². The van der Waals surface area contributed by atoms with E-state index >= 15 is 0 Å². The van der Waals surface area contributed by atoms with Gasteiger partial charge >= 0.3 is 11.9 Å². The van der Waals surface area contributed by atoms with Gasteiger partial charge in [-0.25, -0.2) is 9.78 Å². The minimum atomic E-state index is -0.238. The summed E-state index contributed by atoms with van der Waals surface area (Å²) in [4.78, 5) is 42.1. The average Bonchev–Trinajstić information content (AvgIpc) is 3.48. The van der Waals surface area contributed by atoms with E-state index in [-0.39, 0.29) is 18.4 Å². The molecule has 3 aliphatic heterocycles. The predicted molar refractivity (Wildman–Crippen MR) is 156 cm³/mol. The van der Waals surface area contributed by atoms with Crippen molar-refractivity contribution in [1.82, 2.24) is 19.7 Å². The number of carbonyl (C=O) groups excluding carboxylic acids is 2. The molecule has 2 N–H and O–H groups in total. The zero-order valence-electron chi connectivity index (χ0n) is 23.2. The first-order valence-corrected chi connectivity index (χ1v) is 13.6. The highest BCUT2D eigenvalue weighted by Crippen LogP contribution is 2.30. The highest BCUT2D eigenvalue weighted by Gasteiger charge is 2.37. The molecule has 3 aliphatic rings. The van der Waals surface area contributed by atoms with Crippen molar-refractivity contribution in [3.8, 4) is 6.07 Å². The van der Waals surface area contributed by atoms with Crippen molar-refractivity contribution < 1.29 is 14.3 Å². The Labute approximate surface area is 239 Å². The Balaban J connectivity index is 1.34. The lowest BCUT2D eigenvalue weighted by atomic mass is 10.1. The molecule has 0 saturated carbocycles. The largest absolute Gasteiger partial charge is 0.378 e. The van der Waals surface area contributed by atoms with Gasteiger partial charge in [-0.2, -0.15) is 10.3 Å². The van der Waals surface area contributed by atoms with Gasteiger partial charge in [0.15, 0.2) is 6.20 Å². The number of hydrogen-bond donors (Lipinski definition) is 2. The lowest BCUT2D eigenvalue weighted by molar-refractivity contribution is 0.0302. The van der Waals surface area contributed by atoms with Gasteiger partial charge in [-0.3, -0.25) is 9.69 Å². The topological polar surface area (TPSA) is 132 Å². The summed E-state index contributed by atoms with van der Waals surface area (Å²) in [6.07, 6.45) is 7.49. The number of morpholine rings is 1. The molecule has 2 aromatic rings. The second-order valence-corrected chi connectivity index (χ2v) is 9.70. The molecule has 0 unspecified atom stereocenters. The molecule has 1 aromatic heterocycles. The molecule has 4 heterocycles. The van der Waals surface area contributed by atoms with Gasteiger partial charge in [-0.1, -0.05) is 11.0 Å². The molecule has 211 valence electrons. The third-order valence-corrected chi connectivity index (χ3v) is 7.14. The summed E-state index contributed by atoms with van der Waals surface area (Å²) >= 11 is 0. The van der Waals surface area contributed by atoms with Crippen LogP contribution < -0.4 is 20.4 Å². The van der Waals surface area contributed by atoms with E-state index in [1.54, 1.807) is 34.3 Å². The number of fused-ring (bicyclic) bond motifs is 1. The van der Waals surface area contributed by atoms with E-state index in [9.17, 15) is 9.59 Å². The Bertz CT molecular complexity index is 1420. The van der Waals surface area contributed by atoms with Gasteiger partial charge in [0, 0.05) is 44.3 Å². The SMILES string of the molecule is CCN(CCC#N)C(=O)Nc1cccc(N2C=C(Nc3ccc(C(=O)N4CCOCC4)cn3)C3=NC=C[N+]3C2)c1C. The van der Waals surface area contributed by atoms with Crippen LogP contribution in [0.4, 0.5) is 22.0 Å². The molecule has 0 bridgehead atoms. The highest BCUT2D eigenvalue weighted by atomic mass is 16.5. The number of ether oxygens (including phenoxy) is 1. The van der Waals surface area contributed by atoms with Crippen LogP contribution in [0, 0.1) is 18.3 Å². The number of hydrogen-bond acceptors (Lipinski definition) is 9. The monoisotopic (exact) mass is 555 g/mol. The number of anilines is 3. The van der Waals surface area contributed by atoms with Crippen LogP contribution in [0.2, 0.25) is 0 Å². The van der Waals surface area contributed by atoms with Crippen LogP contribution in [-0.4, -0.2) is 78.6 Å². The number of rotatable bonds is 8. The standard InChI is InChI=1S/C29H33N9O3/c1-3-35(12-5-10-30)29(40)34-23-6-4-7-25(21(23)2)38-19-24(27-31-11-13-37(27)20-38)33-26-9-8-22(18-32-26)28(39)36-14-16-41-17-15-36/h4,6-9,11,13,18-19H,3,5,12,14-17,20H2,1-2H3,(H,32,33)(H,34,40)/q+1. The van der Waals surface area contributed by atoms with Crippen LogP contribution >= 0.6 is 0 Å². The number of pyridine rings is 1. The molecule has 0 aliphatic carbocycles. The number of carbonyl (C=O) groups is 2. The van der Waals surface area contributed by atoms with Crippen molar-refractivity contribution in [2.24, 2.45) is 4.99 Å². The number of benzene rings is 1. The number of aliphatic imine (C=N–C) groups is 1. The fraction of sp³-hybridized carbons (Fsp3) is 0.345. The lowest BCUT2D eigenvalue weighted by Crippen LogP contribution is -2.46. The lowest BCUT2D eigenvalue weighted by Gasteiger charge is -2.28. The molecule has 0 spiro atoms. The minimum absolute atomic E-state index is 0.0551. The van der Waals surface area contributed by atoms with Gasteiger partial charge in [-0.05, 0) is 43.7 Å². The fourth-order valence-electron chi connectivity index (χ4n) is 4.85. The van der Waals surface area contributed by atoms with Crippen LogP contribution in [0.5, 0.6) is 0 Å². The van der Waals surface area contributed by atoms with Crippen LogP contribution in [0.25, 0.3) is 0 Å². The Hall–Kier alpha value is -4.73. The second-order valence-electron chi connectivity index (χ2n) is 9.70. The molecule has 1 saturated heterocycles. The number of nitriles is 1. The molecule has 41 heavy (non-hydrogen) atoms. The summed E-state index contributed by atoms with van der Waals surface area (Å²) in [5.41, 5.74) is 3.79. The third kappa shape index (κ3) is 6.21. The van der Waals surface area contributed by atoms with E-state index < -0.39 is 0 Å². The van der Waals surface area contributed by atoms with Gasteiger partial charge in [0.1, 0.15) is 11.5 Å². The summed E-state index contributed by atoms with van der Waals surface area (Å²) in [6.45, 7) is 7.51. The summed E-state index contributed by atoms with van der Waals surface area (Å²) in [7, 11) is 0. The van der Waals surface area contributed by atoms with Crippen LogP contribution in [0.3, 0.4) is 0 Å². The van der Waals surface area contributed by atoms with Crippen molar-refractivity contribution in [3.63, 3.8) is 0 Å². The number of nitrogens with zero attached hydrogens (tertiary/aromatic N) is 7. The molecule has 1 fully saturated rings. The number of amides is 3. The number of amidine groups is 1. The zero-order chi connectivity index (χ0) is 28.8. The normalized spacial score (nSPS) is 16.4. The van der Waals surface area contributed by atoms with E-state index in [2.05, 4.69) is 31.6 Å². The molecule has 12 heteroatoms. The van der Waals surface area contributed by atoms with Gasteiger partial charge in [-0.15, -0.1) is 0 Å². The van der Waals surface area contributed by atoms with Crippen molar-refractivity contribution in [3.05, 3.63) is 72.0 Å². The Morgan fingerprint density at radius 3 is 2.78 bits per heavy atom. The summed E-state index contributed by atoms with van der Waals surface area (Å²) in [5, 5.41) is 15.3. The maximum absolute atomic E-state index is 12.9. The van der Waals surface area contributed by atoms with Crippen molar-refractivity contribution in [2.75, 3.05) is 61.6 Å². The summed E-state index contributed by atoms with van der Waals surface area (Å²) < 4.78 is 5.34. The molecule has 3 amide bonds. The molecular weight excluding hydrogens is 522 g/mol. The second kappa shape index (κ2) is 12.6. The van der Waals surface area contributed by atoms with Crippen molar-refractivity contribution in [1.29, 1.82) is 5.26 Å². The third-order valence-electron chi connectivity index (χ3n) is 7.14. The molecule has 12 nitrogen and oxygen atoms in total. The highest BCUT2D eigenvalue weighted by molar-refractivity contribution is 6.06. The molecule has 1 aromatic carbocycles. The van der Waals surface area contributed by atoms with Gasteiger partial charge in [0.05, 0.1) is 43.2 Å². The van der Waals surface area contributed by atoms with E-state index in [4.69, 9.17) is 10.00 Å². The molecule has 5 rings (SSSR count). The molecule has 0 atom stereocenters. The number of urea groups is 1. The van der Waals surface area contributed by atoms with Crippen LogP contribution in [0.1, 0.15) is 29.3 Å². The zero-order valence-corrected chi connectivity index (χ0v) is 23.2. The number of nitrogens with one attached hydrogen (secondary N) is 2. The quantitative estimate of drug-likeness (QED) is 0.477. The Kier molecular flexibility index (Phi) is 8.57. The van der Waals surface area contributed by atoms with E-state index in [0.717, 1.165) is 22.8 Å². The Morgan fingerprint density at radius 1 is 1.22 bits per heavy atom. The summed E-state index contributed by atoms with van der Waals surface area (Å²) in [6, 6.07) is 11.2. The van der Waals surface area contributed by atoms with E-state index in [0.29, 0.717) is 63.1 Å². The minimum Gasteiger partial charge on any atom is -0.378 e. The van der Waals surface area contributed by atoms with E-state index in [1.807, 2.05) is 49.3 Å². The van der Waals surface area contributed by atoms with Crippen molar-refractivity contribution in [2.45, 2.75) is 20.3 Å². The maximum Gasteiger partial charge on any atom is 0.321 e. The van der Waals surface area contributed by atoms with Gasteiger partial charge < -0.3 is 25.2 Å². The van der Waals surface area contributed by atoms with Crippen molar-refractivity contribution >= 4 is 35.0 Å². The first-order chi connectivity index (χ1) is 20.0. The van der Waals surface area contributed by atoms with Crippen LogP contribution in [-0.2, 0) is 4.74 Å². The average molecular weight is 556 g/mol. The molecule has 1 radical (unpaired) electrons. The van der Waals surface area contributed by atoms with Gasteiger partial charge in [0.2, 0.25) is 6.67 Å². The fourth-order valence-corrected chi connectivity index (χ4v) is 4.85. The van der Waals surface area contributed by atoms with E-state index in [1.165, 1.54) is 0 Å². The number of aromatic nitrogens is 1. The Morgan fingerprint density at radius 2 is 2.05 bits per heavy atom. The molecular formula is C29H33N9O3+. The first kappa shape index (κ1) is 27.8. The predicted octanol–water partition coefficient (Wildman–Crippen LogP) is 3.38. The summed E-state index contributed by atoms with van der Waals surface area (Å²) in [5.74, 6) is 1.29. The smallest absolute Gasteiger partial charge is 0.321 e. The maximum atomic E-state index is 12.9. The first-order valence-electron chi connectivity index (χ1n) is 13.6.